The molecule has 1 aromatic heterocycles. The van der Waals surface area contributed by atoms with Crippen LogP contribution in [0.1, 0.15) is 30.7 Å². The maximum Gasteiger partial charge on any atom is 0.188 e. The normalized spacial score (nSPS) is 21.0. The van der Waals surface area contributed by atoms with E-state index in [1.165, 1.54) is 25.8 Å². The molecule has 2 heterocycles. The lowest BCUT2D eigenvalue weighted by Gasteiger charge is -2.22. The van der Waals surface area contributed by atoms with Crippen molar-refractivity contribution in [3.8, 4) is 0 Å². The summed E-state index contributed by atoms with van der Waals surface area (Å²) in [6, 6.07) is 2.66. The van der Waals surface area contributed by atoms with Crippen molar-refractivity contribution in [2.45, 2.75) is 44.3 Å². The Kier molecular flexibility index (Phi) is 4.18. The van der Waals surface area contributed by atoms with E-state index < -0.39 is 0 Å². The second-order valence-corrected chi connectivity index (χ2v) is 5.38. The summed E-state index contributed by atoms with van der Waals surface area (Å²) in [6.45, 7) is 5.22. The second-order valence-electron chi connectivity index (χ2n) is 4.39. The van der Waals surface area contributed by atoms with Crippen molar-refractivity contribution in [2.24, 2.45) is 0 Å². The van der Waals surface area contributed by atoms with Crippen LogP contribution in [0.4, 0.5) is 0 Å². The molecule has 3 nitrogen and oxygen atoms in total. The lowest BCUT2D eigenvalue weighted by Crippen LogP contribution is -2.35. The monoisotopic (exact) mass is 237 g/mol. The Balaban J connectivity index is 1.88. The average molecular weight is 237 g/mol. The fourth-order valence-corrected chi connectivity index (χ4v) is 3.05. The van der Waals surface area contributed by atoms with Gasteiger partial charge in [0.25, 0.3) is 0 Å². The minimum absolute atomic E-state index is 0.642. The molecule has 0 amide bonds. The molecule has 88 valence electrons. The van der Waals surface area contributed by atoms with Gasteiger partial charge in [-0.2, -0.15) is 0 Å². The van der Waals surface area contributed by atoms with E-state index >= 15 is 0 Å². The molecule has 0 aliphatic carbocycles. The molecule has 4 heteroatoms. The van der Waals surface area contributed by atoms with Gasteiger partial charge >= 0.3 is 0 Å². The molecule has 0 radical (unpaired) electrons. The predicted molar refractivity (Wildman–Crippen MR) is 67.9 cm³/mol. The lowest BCUT2D eigenvalue weighted by molar-refractivity contribution is 0.429. The van der Waals surface area contributed by atoms with Crippen LogP contribution < -0.4 is 5.32 Å². The van der Waals surface area contributed by atoms with Gasteiger partial charge in [-0.1, -0.05) is 18.2 Å². The first-order chi connectivity index (χ1) is 7.74. The van der Waals surface area contributed by atoms with Crippen LogP contribution in [0.2, 0.25) is 0 Å². The third kappa shape index (κ3) is 3.46. The van der Waals surface area contributed by atoms with Gasteiger partial charge in [-0.15, -0.1) is 0 Å². The van der Waals surface area contributed by atoms with Crippen molar-refractivity contribution in [1.82, 2.24) is 15.3 Å². The molecule has 0 unspecified atom stereocenters. The number of rotatable bonds is 3. The summed E-state index contributed by atoms with van der Waals surface area (Å²) < 4.78 is 0. The van der Waals surface area contributed by atoms with Crippen LogP contribution in [-0.2, 0) is 0 Å². The van der Waals surface area contributed by atoms with Crippen molar-refractivity contribution in [3.63, 3.8) is 0 Å². The lowest BCUT2D eigenvalue weighted by atomic mass is 10.1. The van der Waals surface area contributed by atoms with Crippen molar-refractivity contribution >= 4 is 11.8 Å². The fraction of sp³-hybridized carbons (Fsp3) is 0.667. The standard InChI is InChI=1S/C12H19N3S/c1-9-7-10(2)15-12(14-9)16-8-11-5-3-4-6-13-11/h7,11,13H,3-6,8H2,1-2H3/t11-/m0/s1. The highest BCUT2D eigenvalue weighted by molar-refractivity contribution is 7.99. The third-order valence-electron chi connectivity index (χ3n) is 2.79. The maximum atomic E-state index is 4.44. The summed E-state index contributed by atoms with van der Waals surface area (Å²) >= 11 is 1.77. The molecule has 0 aromatic carbocycles. The molecule has 1 atom stereocenters. The summed E-state index contributed by atoms with van der Waals surface area (Å²) in [4.78, 5) is 8.88. The Morgan fingerprint density at radius 3 is 2.69 bits per heavy atom. The fourth-order valence-electron chi connectivity index (χ4n) is 2.00. The number of hydrogen-bond acceptors (Lipinski definition) is 4. The Hall–Kier alpha value is -0.610. The second kappa shape index (κ2) is 5.64. The van der Waals surface area contributed by atoms with Crippen LogP contribution in [-0.4, -0.2) is 28.3 Å². The van der Waals surface area contributed by atoms with E-state index in [2.05, 4.69) is 15.3 Å². The van der Waals surface area contributed by atoms with Crippen LogP contribution in [0.25, 0.3) is 0 Å². The molecule has 1 aromatic rings. The van der Waals surface area contributed by atoms with Crippen molar-refractivity contribution < 1.29 is 0 Å². The molecule has 1 aliphatic rings. The highest BCUT2D eigenvalue weighted by Gasteiger charge is 2.13. The van der Waals surface area contributed by atoms with Gasteiger partial charge in [-0.05, 0) is 39.3 Å². The summed E-state index contributed by atoms with van der Waals surface area (Å²) in [5.74, 6) is 1.09. The molecule has 1 aliphatic heterocycles. The van der Waals surface area contributed by atoms with Gasteiger partial charge in [0.05, 0.1) is 0 Å². The Bertz CT molecular complexity index is 328. The van der Waals surface area contributed by atoms with Crippen molar-refractivity contribution in [2.75, 3.05) is 12.3 Å². The highest BCUT2D eigenvalue weighted by atomic mass is 32.2. The first-order valence-electron chi connectivity index (χ1n) is 5.92. The van der Waals surface area contributed by atoms with E-state index in [-0.39, 0.29) is 0 Å². The molecule has 0 saturated carbocycles. The highest BCUT2D eigenvalue weighted by Crippen LogP contribution is 2.18. The predicted octanol–water partition coefficient (Wildman–Crippen LogP) is 2.33. The maximum absolute atomic E-state index is 4.44. The average Bonchev–Trinajstić information content (AvgIpc) is 2.27. The molecule has 0 spiro atoms. The number of thioether (sulfide) groups is 1. The molecule has 1 saturated heterocycles. The number of nitrogens with zero attached hydrogens (tertiary/aromatic N) is 2. The van der Waals surface area contributed by atoms with E-state index in [1.807, 2.05) is 19.9 Å². The van der Waals surface area contributed by atoms with Crippen LogP contribution in [0.15, 0.2) is 11.2 Å². The van der Waals surface area contributed by atoms with Crippen LogP contribution in [0.5, 0.6) is 0 Å². The zero-order valence-electron chi connectivity index (χ0n) is 9.99. The van der Waals surface area contributed by atoms with Gasteiger partial charge in [-0.3, -0.25) is 0 Å². The number of piperidine rings is 1. The quantitative estimate of drug-likeness (QED) is 0.647. The zero-order valence-corrected chi connectivity index (χ0v) is 10.8. The SMILES string of the molecule is Cc1cc(C)nc(SC[C@@H]2CCCCN2)n1. The first kappa shape index (κ1) is 11.9. The number of aromatic nitrogens is 2. The van der Waals surface area contributed by atoms with Crippen molar-refractivity contribution in [1.29, 1.82) is 0 Å². The van der Waals surface area contributed by atoms with E-state index in [0.29, 0.717) is 6.04 Å². The third-order valence-corrected chi connectivity index (χ3v) is 3.80. The van der Waals surface area contributed by atoms with Gasteiger partial charge in [0, 0.05) is 23.2 Å². The Labute approximate surface area is 101 Å². The summed E-state index contributed by atoms with van der Waals surface area (Å²) in [5.41, 5.74) is 2.12. The molecule has 0 bridgehead atoms. The minimum Gasteiger partial charge on any atom is -0.313 e. The van der Waals surface area contributed by atoms with Crippen molar-refractivity contribution in [3.05, 3.63) is 17.5 Å². The summed E-state index contributed by atoms with van der Waals surface area (Å²) in [5, 5.41) is 4.46. The van der Waals surface area contributed by atoms with Gasteiger partial charge in [0.15, 0.2) is 5.16 Å². The Morgan fingerprint density at radius 1 is 1.31 bits per heavy atom. The molecule has 2 rings (SSSR count). The molecule has 1 fully saturated rings. The summed E-state index contributed by atoms with van der Waals surface area (Å²) in [7, 11) is 0. The number of hydrogen-bond donors (Lipinski definition) is 1. The van der Waals surface area contributed by atoms with Crippen LogP contribution >= 0.6 is 11.8 Å². The number of nitrogens with one attached hydrogen (secondary N) is 1. The van der Waals surface area contributed by atoms with E-state index in [1.54, 1.807) is 11.8 Å². The molecule has 16 heavy (non-hydrogen) atoms. The smallest absolute Gasteiger partial charge is 0.188 e. The van der Waals surface area contributed by atoms with E-state index in [9.17, 15) is 0 Å². The molecular weight excluding hydrogens is 218 g/mol. The van der Waals surface area contributed by atoms with E-state index in [0.717, 1.165) is 22.3 Å². The van der Waals surface area contributed by atoms with Crippen LogP contribution in [0.3, 0.4) is 0 Å². The molecular formula is C12H19N3S. The van der Waals surface area contributed by atoms with Gasteiger partial charge < -0.3 is 5.32 Å². The first-order valence-corrected chi connectivity index (χ1v) is 6.91. The van der Waals surface area contributed by atoms with Gasteiger partial charge in [-0.25, -0.2) is 9.97 Å². The van der Waals surface area contributed by atoms with Gasteiger partial charge in [0.2, 0.25) is 0 Å². The largest absolute Gasteiger partial charge is 0.313 e. The van der Waals surface area contributed by atoms with Gasteiger partial charge in [0.1, 0.15) is 0 Å². The topological polar surface area (TPSA) is 37.8 Å². The van der Waals surface area contributed by atoms with Crippen LogP contribution in [0, 0.1) is 13.8 Å². The Morgan fingerprint density at radius 2 is 2.06 bits per heavy atom. The molecule has 1 N–H and O–H groups in total. The summed E-state index contributed by atoms with van der Waals surface area (Å²) in [6.07, 6.45) is 3.96. The minimum atomic E-state index is 0.642. The number of aryl methyl sites for hydroxylation is 2. The van der Waals surface area contributed by atoms with E-state index in [4.69, 9.17) is 0 Å². The zero-order chi connectivity index (χ0) is 11.4.